The van der Waals surface area contributed by atoms with E-state index in [0.29, 0.717) is 10.9 Å². The van der Waals surface area contributed by atoms with Gasteiger partial charge in [0.15, 0.2) is 0 Å². The third-order valence-electron chi connectivity index (χ3n) is 2.53. The van der Waals surface area contributed by atoms with Crippen molar-refractivity contribution >= 4 is 15.9 Å². The molecule has 1 unspecified atom stereocenters. The Hall–Kier alpha value is -1.17. The van der Waals surface area contributed by atoms with Crippen molar-refractivity contribution in [3.05, 3.63) is 58.2 Å². The van der Waals surface area contributed by atoms with Gasteiger partial charge in [-0.15, -0.1) is 0 Å². The predicted octanol–water partition coefficient (Wildman–Crippen LogP) is 2.93. The zero-order valence-electron chi connectivity index (χ0n) is 8.99. The van der Waals surface area contributed by atoms with E-state index in [1.165, 1.54) is 6.07 Å². The standard InChI is InChI=1S/C12H12BrFN2O/c13-10-6-8(3-4-11(10)14)12(16-15)7-9-2-1-5-17-9/h1-6,12,16H,7,15H2. The molecular formula is C12H12BrFN2O. The highest BCUT2D eigenvalue weighted by Gasteiger charge is 2.13. The van der Waals surface area contributed by atoms with Gasteiger partial charge in [-0.2, -0.15) is 0 Å². The molecule has 1 aromatic heterocycles. The molecule has 1 atom stereocenters. The van der Waals surface area contributed by atoms with E-state index in [1.807, 2.05) is 12.1 Å². The van der Waals surface area contributed by atoms with E-state index in [1.54, 1.807) is 18.4 Å². The second kappa shape index (κ2) is 5.44. The normalized spacial score (nSPS) is 12.6. The number of hydrazine groups is 1. The van der Waals surface area contributed by atoms with Crippen LogP contribution in [-0.2, 0) is 6.42 Å². The Kier molecular flexibility index (Phi) is 3.93. The van der Waals surface area contributed by atoms with Crippen LogP contribution in [0.25, 0.3) is 0 Å². The number of benzene rings is 1. The Morgan fingerprint density at radius 2 is 2.24 bits per heavy atom. The molecule has 2 aromatic rings. The van der Waals surface area contributed by atoms with E-state index in [9.17, 15) is 4.39 Å². The molecule has 2 rings (SSSR count). The fourth-order valence-corrected chi connectivity index (χ4v) is 2.03. The molecule has 0 saturated carbocycles. The fraction of sp³-hybridized carbons (Fsp3) is 0.167. The first kappa shape index (κ1) is 12.3. The van der Waals surface area contributed by atoms with Gasteiger partial charge in [0.05, 0.1) is 16.8 Å². The average Bonchev–Trinajstić information content (AvgIpc) is 2.82. The van der Waals surface area contributed by atoms with Crippen molar-refractivity contribution < 1.29 is 8.81 Å². The zero-order valence-corrected chi connectivity index (χ0v) is 10.6. The first-order valence-corrected chi connectivity index (χ1v) is 5.93. The predicted molar refractivity (Wildman–Crippen MR) is 66.6 cm³/mol. The lowest BCUT2D eigenvalue weighted by atomic mass is 10.0. The van der Waals surface area contributed by atoms with E-state index in [2.05, 4.69) is 21.4 Å². The first-order chi connectivity index (χ1) is 8.20. The summed E-state index contributed by atoms with van der Waals surface area (Å²) in [6.45, 7) is 0. The van der Waals surface area contributed by atoms with Gasteiger partial charge in [-0.05, 0) is 45.8 Å². The van der Waals surface area contributed by atoms with Gasteiger partial charge in [-0.3, -0.25) is 11.3 Å². The minimum atomic E-state index is -0.289. The summed E-state index contributed by atoms with van der Waals surface area (Å²) < 4.78 is 18.8. The van der Waals surface area contributed by atoms with Gasteiger partial charge in [0.1, 0.15) is 11.6 Å². The zero-order chi connectivity index (χ0) is 12.3. The number of nitrogens with one attached hydrogen (secondary N) is 1. The third kappa shape index (κ3) is 2.94. The first-order valence-electron chi connectivity index (χ1n) is 5.14. The molecule has 0 radical (unpaired) electrons. The lowest BCUT2D eigenvalue weighted by Crippen LogP contribution is -2.29. The minimum absolute atomic E-state index is 0.113. The Morgan fingerprint density at radius 1 is 1.41 bits per heavy atom. The summed E-state index contributed by atoms with van der Waals surface area (Å²) in [4.78, 5) is 0. The molecule has 1 heterocycles. The number of rotatable bonds is 4. The number of furan rings is 1. The molecule has 3 nitrogen and oxygen atoms in total. The molecule has 0 aliphatic heterocycles. The lowest BCUT2D eigenvalue weighted by Gasteiger charge is -2.15. The molecular weight excluding hydrogens is 287 g/mol. The van der Waals surface area contributed by atoms with Crippen molar-refractivity contribution in [2.45, 2.75) is 12.5 Å². The Labute approximate surface area is 107 Å². The maximum Gasteiger partial charge on any atom is 0.137 e. The molecule has 0 saturated heterocycles. The number of hydrogen-bond acceptors (Lipinski definition) is 3. The van der Waals surface area contributed by atoms with Crippen LogP contribution in [0.4, 0.5) is 4.39 Å². The molecule has 3 N–H and O–H groups in total. The van der Waals surface area contributed by atoms with Crippen molar-refractivity contribution in [3.63, 3.8) is 0 Å². The highest BCUT2D eigenvalue weighted by molar-refractivity contribution is 9.10. The van der Waals surface area contributed by atoms with E-state index >= 15 is 0 Å². The summed E-state index contributed by atoms with van der Waals surface area (Å²) in [5, 5.41) is 0. The highest BCUT2D eigenvalue weighted by Crippen LogP contribution is 2.23. The summed E-state index contributed by atoms with van der Waals surface area (Å²) >= 11 is 3.15. The van der Waals surface area contributed by atoms with Gasteiger partial charge in [-0.1, -0.05) is 6.07 Å². The van der Waals surface area contributed by atoms with Crippen LogP contribution in [-0.4, -0.2) is 0 Å². The van der Waals surface area contributed by atoms with Gasteiger partial charge < -0.3 is 4.42 Å². The summed E-state index contributed by atoms with van der Waals surface area (Å²) in [6, 6.07) is 8.41. The quantitative estimate of drug-likeness (QED) is 0.674. The Balaban J connectivity index is 2.20. The molecule has 0 fully saturated rings. The van der Waals surface area contributed by atoms with Crippen molar-refractivity contribution in [3.8, 4) is 0 Å². The van der Waals surface area contributed by atoms with Crippen molar-refractivity contribution in [2.24, 2.45) is 5.84 Å². The molecule has 0 aliphatic rings. The maximum atomic E-state index is 13.1. The number of halogens is 2. The van der Waals surface area contributed by atoms with Gasteiger partial charge in [0.2, 0.25) is 0 Å². The minimum Gasteiger partial charge on any atom is -0.469 e. The lowest BCUT2D eigenvalue weighted by molar-refractivity contribution is 0.454. The van der Waals surface area contributed by atoms with E-state index in [4.69, 9.17) is 10.3 Å². The van der Waals surface area contributed by atoms with Crippen LogP contribution in [0, 0.1) is 5.82 Å². The Morgan fingerprint density at radius 3 is 2.82 bits per heavy atom. The van der Waals surface area contributed by atoms with Crippen molar-refractivity contribution in [1.82, 2.24) is 5.43 Å². The van der Waals surface area contributed by atoms with Gasteiger partial charge in [0, 0.05) is 6.42 Å². The molecule has 0 spiro atoms. The van der Waals surface area contributed by atoms with Gasteiger partial charge in [0.25, 0.3) is 0 Å². The summed E-state index contributed by atoms with van der Waals surface area (Å²) in [5.41, 5.74) is 3.60. The molecule has 1 aromatic carbocycles. The summed E-state index contributed by atoms with van der Waals surface area (Å²) in [6.07, 6.45) is 2.23. The Bertz CT molecular complexity index is 487. The molecule has 90 valence electrons. The van der Waals surface area contributed by atoms with E-state index < -0.39 is 0 Å². The maximum absolute atomic E-state index is 13.1. The summed E-state index contributed by atoms with van der Waals surface area (Å²) in [5.74, 6) is 6.05. The van der Waals surface area contributed by atoms with Gasteiger partial charge >= 0.3 is 0 Å². The number of hydrogen-bond donors (Lipinski definition) is 2. The average molecular weight is 299 g/mol. The van der Waals surface area contributed by atoms with Crippen LogP contribution in [0.2, 0.25) is 0 Å². The molecule has 0 bridgehead atoms. The second-order valence-corrected chi connectivity index (χ2v) is 4.53. The van der Waals surface area contributed by atoms with Crippen LogP contribution in [0.3, 0.4) is 0 Å². The fourth-order valence-electron chi connectivity index (χ4n) is 1.63. The van der Waals surface area contributed by atoms with E-state index in [-0.39, 0.29) is 11.9 Å². The largest absolute Gasteiger partial charge is 0.469 e. The third-order valence-corrected chi connectivity index (χ3v) is 3.14. The van der Waals surface area contributed by atoms with Crippen LogP contribution in [0.15, 0.2) is 45.5 Å². The summed E-state index contributed by atoms with van der Waals surface area (Å²) in [7, 11) is 0. The van der Waals surface area contributed by atoms with Crippen LogP contribution < -0.4 is 11.3 Å². The van der Waals surface area contributed by atoms with E-state index in [0.717, 1.165) is 11.3 Å². The van der Waals surface area contributed by atoms with Crippen LogP contribution >= 0.6 is 15.9 Å². The van der Waals surface area contributed by atoms with Crippen LogP contribution in [0.5, 0.6) is 0 Å². The second-order valence-electron chi connectivity index (χ2n) is 3.68. The van der Waals surface area contributed by atoms with Gasteiger partial charge in [-0.25, -0.2) is 4.39 Å². The number of nitrogens with two attached hydrogens (primary N) is 1. The SMILES string of the molecule is NNC(Cc1ccco1)c1ccc(F)c(Br)c1. The molecule has 5 heteroatoms. The molecule has 0 aliphatic carbocycles. The molecule has 17 heavy (non-hydrogen) atoms. The molecule has 0 amide bonds. The topological polar surface area (TPSA) is 51.2 Å². The highest BCUT2D eigenvalue weighted by atomic mass is 79.9. The van der Waals surface area contributed by atoms with Crippen LogP contribution in [0.1, 0.15) is 17.4 Å². The van der Waals surface area contributed by atoms with Crippen molar-refractivity contribution in [1.29, 1.82) is 0 Å². The monoisotopic (exact) mass is 298 g/mol. The smallest absolute Gasteiger partial charge is 0.137 e. The van der Waals surface area contributed by atoms with Crippen molar-refractivity contribution in [2.75, 3.05) is 0 Å².